The van der Waals surface area contributed by atoms with Gasteiger partial charge in [0.2, 0.25) is 5.88 Å². The maximum atomic E-state index is 13.1. The molecule has 2 aromatic heterocycles. The molecule has 12 heteroatoms. The first-order valence-corrected chi connectivity index (χ1v) is 13.3. The standard InChI is InChI=1S/C30H27F3N6O3/c1-19-24(28(40)36-18-30(31,32)33)7-8-26-25(19)17-39(37-26)16-20-10-12-38(13-11-20)29(41)22-3-5-23(6-4-22)42-27-9-2-21(14-34)15-35-27/h2-9,15,17,20H,10-13,16,18H2,1H3,(H,36,40). The Morgan fingerprint density at radius 3 is 2.48 bits per heavy atom. The molecule has 0 atom stereocenters. The molecule has 1 saturated heterocycles. The molecule has 0 spiro atoms. The number of likely N-dealkylation sites (tertiary alicyclic amines) is 1. The van der Waals surface area contributed by atoms with Crippen LogP contribution in [0.3, 0.4) is 0 Å². The predicted octanol–water partition coefficient (Wildman–Crippen LogP) is 5.25. The van der Waals surface area contributed by atoms with Gasteiger partial charge in [0, 0.05) is 54.6 Å². The molecule has 0 bridgehead atoms. The van der Waals surface area contributed by atoms with E-state index in [2.05, 4.69) is 10.1 Å². The van der Waals surface area contributed by atoms with Gasteiger partial charge in [0.05, 0.1) is 11.1 Å². The van der Waals surface area contributed by atoms with Crippen LogP contribution in [0.15, 0.2) is 60.9 Å². The summed E-state index contributed by atoms with van der Waals surface area (Å²) in [5.41, 5.74) is 2.41. The number of alkyl halides is 3. The number of piperidine rings is 1. The molecule has 5 rings (SSSR count). The first-order valence-electron chi connectivity index (χ1n) is 13.3. The second-order valence-electron chi connectivity index (χ2n) is 10.2. The molecule has 216 valence electrons. The Morgan fingerprint density at radius 2 is 1.83 bits per heavy atom. The van der Waals surface area contributed by atoms with Crippen molar-refractivity contribution in [1.82, 2.24) is 25.0 Å². The zero-order chi connectivity index (χ0) is 29.9. The van der Waals surface area contributed by atoms with Crippen molar-refractivity contribution in [2.24, 2.45) is 5.92 Å². The van der Waals surface area contributed by atoms with Gasteiger partial charge in [-0.1, -0.05) is 0 Å². The first kappa shape index (κ1) is 28.6. The molecule has 2 aromatic carbocycles. The van der Waals surface area contributed by atoms with Gasteiger partial charge in [-0.2, -0.15) is 23.5 Å². The summed E-state index contributed by atoms with van der Waals surface area (Å²) in [6, 6.07) is 15.2. The number of fused-ring (bicyclic) bond motifs is 1. The van der Waals surface area contributed by atoms with Gasteiger partial charge in [-0.15, -0.1) is 0 Å². The van der Waals surface area contributed by atoms with E-state index in [1.165, 1.54) is 12.3 Å². The molecule has 1 fully saturated rings. The highest BCUT2D eigenvalue weighted by atomic mass is 19.4. The molecule has 2 amide bonds. The Kier molecular flexibility index (Phi) is 8.10. The van der Waals surface area contributed by atoms with E-state index in [0.29, 0.717) is 58.9 Å². The van der Waals surface area contributed by atoms with Gasteiger partial charge in [-0.3, -0.25) is 14.3 Å². The van der Waals surface area contributed by atoms with Crippen LogP contribution in [0.1, 0.15) is 44.7 Å². The van der Waals surface area contributed by atoms with Crippen LogP contribution in [0, 0.1) is 24.2 Å². The number of nitriles is 1. The molecular weight excluding hydrogens is 549 g/mol. The molecule has 0 aliphatic carbocycles. The van der Waals surface area contributed by atoms with Gasteiger partial charge >= 0.3 is 6.18 Å². The molecule has 0 unspecified atom stereocenters. The Bertz CT molecular complexity index is 1630. The Balaban J connectivity index is 1.15. The molecule has 1 aliphatic rings. The summed E-state index contributed by atoms with van der Waals surface area (Å²) in [6.45, 7) is 2.13. The molecule has 9 nitrogen and oxygen atoms in total. The third-order valence-electron chi connectivity index (χ3n) is 7.24. The molecule has 1 aliphatic heterocycles. The number of aromatic nitrogens is 3. The van der Waals surface area contributed by atoms with E-state index in [1.54, 1.807) is 54.1 Å². The van der Waals surface area contributed by atoms with E-state index in [9.17, 15) is 22.8 Å². The SMILES string of the molecule is Cc1c(C(=O)NCC(F)(F)F)ccc2nn(CC3CCN(C(=O)c4ccc(Oc5ccc(C#N)cn5)cc4)CC3)cc12. The minimum absolute atomic E-state index is 0.0618. The largest absolute Gasteiger partial charge is 0.439 e. The average molecular weight is 577 g/mol. The van der Waals surface area contributed by atoms with Crippen LogP contribution in [0.4, 0.5) is 13.2 Å². The third kappa shape index (κ3) is 6.68. The number of halogens is 3. The lowest BCUT2D eigenvalue weighted by Gasteiger charge is -2.32. The highest BCUT2D eigenvalue weighted by molar-refractivity contribution is 6.00. The topological polar surface area (TPSA) is 113 Å². The second kappa shape index (κ2) is 11.9. The number of pyridine rings is 1. The lowest BCUT2D eigenvalue weighted by atomic mass is 9.96. The molecule has 3 heterocycles. The fourth-order valence-corrected chi connectivity index (χ4v) is 4.95. The number of carbonyl (C=O) groups is 2. The van der Waals surface area contributed by atoms with Crippen LogP contribution in [0.25, 0.3) is 10.9 Å². The van der Waals surface area contributed by atoms with Gasteiger partial charge in [-0.25, -0.2) is 4.98 Å². The third-order valence-corrected chi connectivity index (χ3v) is 7.24. The van der Waals surface area contributed by atoms with Crippen molar-refractivity contribution in [3.8, 4) is 17.7 Å². The molecule has 0 saturated carbocycles. The highest BCUT2D eigenvalue weighted by Gasteiger charge is 2.28. The maximum absolute atomic E-state index is 13.1. The van der Waals surface area contributed by atoms with Crippen molar-refractivity contribution >= 4 is 22.7 Å². The van der Waals surface area contributed by atoms with Gasteiger partial charge in [0.1, 0.15) is 18.4 Å². The lowest BCUT2D eigenvalue weighted by Crippen LogP contribution is -2.39. The Labute approximate surface area is 239 Å². The normalized spacial score (nSPS) is 14.0. The van der Waals surface area contributed by atoms with Gasteiger partial charge < -0.3 is 15.0 Å². The van der Waals surface area contributed by atoms with E-state index in [-0.39, 0.29) is 17.4 Å². The summed E-state index contributed by atoms with van der Waals surface area (Å²) in [5, 5.41) is 16.1. The van der Waals surface area contributed by atoms with Gasteiger partial charge in [0.25, 0.3) is 11.8 Å². The molecule has 1 N–H and O–H groups in total. The summed E-state index contributed by atoms with van der Waals surface area (Å²) in [7, 11) is 0. The van der Waals surface area contributed by atoms with Crippen molar-refractivity contribution in [2.75, 3.05) is 19.6 Å². The molecule has 4 aromatic rings. The minimum atomic E-state index is -4.48. The molecular formula is C30H27F3N6O3. The van der Waals surface area contributed by atoms with Gasteiger partial charge in [0.15, 0.2) is 0 Å². The number of ether oxygens (including phenoxy) is 1. The van der Waals surface area contributed by atoms with Crippen LogP contribution >= 0.6 is 0 Å². The van der Waals surface area contributed by atoms with Crippen LogP contribution in [-0.4, -0.2) is 57.3 Å². The van der Waals surface area contributed by atoms with Crippen LogP contribution in [0.5, 0.6) is 11.6 Å². The molecule has 0 radical (unpaired) electrons. The summed E-state index contributed by atoms with van der Waals surface area (Å²) in [5.74, 6) is 0.324. The predicted molar refractivity (Wildman–Crippen MR) is 147 cm³/mol. The van der Waals surface area contributed by atoms with Crippen LogP contribution < -0.4 is 10.1 Å². The average Bonchev–Trinajstić information content (AvgIpc) is 3.40. The summed E-state index contributed by atoms with van der Waals surface area (Å²) >= 11 is 0. The number of benzene rings is 2. The smallest absolute Gasteiger partial charge is 0.405 e. The zero-order valence-electron chi connectivity index (χ0n) is 22.7. The van der Waals surface area contributed by atoms with Crippen molar-refractivity contribution in [1.29, 1.82) is 5.26 Å². The summed E-state index contributed by atoms with van der Waals surface area (Å²) in [4.78, 5) is 31.3. The Hall–Kier alpha value is -4.92. The molecule has 42 heavy (non-hydrogen) atoms. The number of hydrogen-bond donors (Lipinski definition) is 1. The number of nitrogens with zero attached hydrogens (tertiary/aromatic N) is 5. The maximum Gasteiger partial charge on any atom is 0.405 e. The number of rotatable bonds is 7. The number of aryl methyl sites for hydroxylation is 1. The minimum Gasteiger partial charge on any atom is -0.439 e. The van der Waals surface area contributed by atoms with Crippen molar-refractivity contribution in [3.63, 3.8) is 0 Å². The zero-order valence-corrected chi connectivity index (χ0v) is 22.7. The number of amides is 2. The van der Waals surface area contributed by atoms with Gasteiger partial charge in [-0.05, 0) is 73.7 Å². The summed E-state index contributed by atoms with van der Waals surface area (Å²) < 4.78 is 45.0. The fraction of sp³-hybridized carbons (Fsp3) is 0.300. The second-order valence-corrected chi connectivity index (χ2v) is 10.2. The van der Waals surface area contributed by atoms with Crippen molar-refractivity contribution in [2.45, 2.75) is 32.5 Å². The number of hydrogen-bond acceptors (Lipinski definition) is 6. The highest BCUT2D eigenvalue weighted by Crippen LogP contribution is 2.26. The summed E-state index contributed by atoms with van der Waals surface area (Å²) in [6.07, 6.45) is 0.341. The number of nitrogens with one attached hydrogen (secondary N) is 1. The Morgan fingerprint density at radius 1 is 1.10 bits per heavy atom. The number of carbonyl (C=O) groups excluding carboxylic acids is 2. The van der Waals surface area contributed by atoms with E-state index in [1.807, 2.05) is 22.5 Å². The van der Waals surface area contributed by atoms with Crippen LogP contribution in [0.2, 0.25) is 0 Å². The van der Waals surface area contributed by atoms with Crippen LogP contribution in [-0.2, 0) is 6.54 Å². The monoisotopic (exact) mass is 576 g/mol. The van der Waals surface area contributed by atoms with E-state index in [4.69, 9.17) is 10.00 Å². The van der Waals surface area contributed by atoms with E-state index < -0.39 is 18.6 Å². The van der Waals surface area contributed by atoms with E-state index in [0.717, 1.165) is 12.8 Å². The first-order chi connectivity index (χ1) is 20.1. The lowest BCUT2D eigenvalue weighted by molar-refractivity contribution is -0.123. The quantitative estimate of drug-likeness (QED) is 0.322. The van der Waals surface area contributed by atoms with E-state index >= 15 is 0 Å². The fourth-order valence-electron chi connectivity index (χ4n) is 4.95. The van der Waals surface area contributed by atoms with Crippen molar-refractivity contribution in [3.05, 3.63) is 83.2 Å². The van der Waals surface area contributed by atoms with Crippen molar-refractivity contribution < 1.29 is 27.5 Å².